The topological polar surface area (TPSA) is 102 Å². The summed E-state index contributed by atoms with van der Waals surface area (Å²) in [5.41, 5.74) is 4.15. The minimum Gasteiger partial charge on any atom is -0.495 e. The number of ether oxygens (including phenoxy) is 1. The highest BCUT2D eigenvalue weighted by atomic mass is 32.2. The van der Waals surface area contributed by atoms with Crippen molar-refractivity contribution in [1.29, 1.82) is 0 Å². The number of sulfone groups is 1. The zero-order chi connectivity index (χ0) is 25.3. The third-order valence-electron chi connectivity index (χ3n) is 5.82. The van der Waals surface area contributed by atoms with E-state index in [0.29, 0.717) is 12.3 Å². The van der Waals surface area contributed by atoms with Gasteiger partial charge in [-0.25, -0.2) is 16.8 Å². The number of hydrogen-bond donors (Lipinski definition) is 1. The highest BCUT2D eigenvalue weighted by molar-refractivity contribution is 7.95. The third kappa shape index (κ3) is 4.55. The Bertz CT molecular complexity index is 1680. The second-order valence-electron chi connectivity index (χ2n) is 8.08. The monoisotopic (exact) mass is 538 g/mol. The van der Waals surface area contributed by atoms with Gasteiger partial charge in [0.05, 0.1) is 28.3 Å². The van der Waals surface area contributed by atoms with E-state index in [0.717, 1.165) is 34.6 Å². The molecular formula is C26H22N2O5S3. The van der Waals surface area contributed by atoms with Gasteiger partial charge >= 0.3 is 0 Å². The van der Waals surface area contributed by atoms with Crippen LogP contribution in [0.4, 0.5) is 5.69 Å². The number of fused-ring (bicyclic) bond motifs is 1. The number of benzene rings is 3. The number of methoxy groups -OCH3 is 1. The van der Waals surface area contributed by atoms with Crippen molar-refractivity contribution in [2.75, 3.05) is 18.4 Å². The molecule has 0 bridgehead atoms. The Labute approximate surface area is 214 Å². The standard InChI is InChI=1S/C26H22N2O5S3/c1-33-24-15-19(26-22-10-6-5-7-18(22)13-14-27-26)11-12-23(24)28-36(31,32)25-16-21(17-34-25)35(29,30)20-8-3-2-4-9-20/h2-12,15-17,28H,13-14H2,1H3. The fraction of sp³-hybridized carbons (Fsp3) is 0.115. The molecule has 4 aromatic rings. The van der Waals surface area contributed by atoms with E-state index in [9.17, 15) is 16.8 Å². The van der Waals surface area contributed by atoms with Crippen molar-refractivity contribution in [2.45, 2.75) is 20.4 Å². The summed E-state index contributed by atoms with van der Waals surface area (Å²) in [7, 11) is -6.42. The smallest absolute Gasteiger partial charge is 0.271 e. The Morgan fingerprint density at radius 2 is 1.64 bits per heavy atom. The Balaban J connectivity index is 1.43. The van der Waals surface area contributed by atoms with Gasteiger partial charge in [0.2, 0.25) is 9.84 Å². The summed E-state index contributed by atoms with van der Waals surface area (Å²) in [6.45, 7) is 0.676. The maximum Gasteiger partial charge on any atom is 0.271 e. The largest absolute Gasteiger partial charge is 0.495 e. The van der Waals surface area contributed by atoms with Gasteiger partial charge in [0, 0.05) is 23.1 Å². The molecule has 3 aromatic carbocycles. The molecule has 0 spiro atoms. The zero-order valence-corrected chi connectivity index (χ0v) is 21.7. The molecule has 1 aliphatic heterocycles. The maximum atomic E-state index is 13.1. The second-order valence-corrected chi connectivity index (χ2v) is 12.8. The first kappa shape index (κ1) is 24.2. The molecule has 0 saturated heterocycles. The van der Waals surface area contributed by atoms with Crippen molar-refractivity contribution < 1.29 is 21.6 Å². The summed E-state index contributed by atoms with van der Waals surface area (Å²) >= 11 is 0.839. The van der Waals surface area contributed by atoms with Gasteiger partial charge in [0.1, 0.15) is 9.96 Å². The third-order valence-corrected chi connectivity index (χ3v) is 10.5. The zero-order valence-electron chi connectivity index (χ0n) is 19.2. The molecule has 0 fully saturated rings. The van der Waals surface area contributed by atoms with Crippen LogP contribution in [0.15, 0.2) is 103 Å². The Morgan fingerprint density at radius 3 is 2.42 bits per heavy atom. The summed E-state index contributed by atoms with van der Waals surface area (Å²) in [5.74, 6) is 0.329. The van der Waals surface area contributed by atoms with Crippen LogP contribution in [0.2, 0.25) is 0 Å². The molecule has 0 amide bonds. The van der Waals surface area contributed by atoms with E-state index >= 15 is 0 Å². The molecule has 0 unspecified atom stereocenters. The lowest BCUT2D eigenvalue weighted by Crippen LogP contribution is -2.15. The van der Waals surface area contributed by atoms with Crippen LogP contribution in [0, 0.1) is 0 Å². The molecule has 0 radical (unpaired) electrons. The minimum atomic E-state index is -4.06. The predicted octanol–water partition coefficient (Wildman–Crippen LogP) is 4.78. The molecule has 2 heterocycles. The highest BCUT2D eigenvalue weighted by Gasteiger charge is 2.25. The van der Waals surface area contributed by atoms with Crippen molar-refractivity contribution in [3.8, 4) is 5.75 Å². The molecule has 0 saturated carbocycles. The van der Waals surface area contributed by atoms with Crippen molar-refractivity contribution in [3.05, 3.63) is 101 Å². The quantitative estimate of drug-likeness (QED) is 0.365. The SMILES string of the molecule is COc1cc(C2=NCCc3ccccc32)ccc1NS(=O)(=O)c1cc(S(=O)(=O)c2ccccc2)cs1. The van der Waals surface area contributed by atoms with E-state index in [-0.39, 0.29) is 19.7 Å². The van der Waals surface area contributed by atoms with Gasteiger partial charge in [-0.1, -0.05) is 48.5 Å². The normalized spacial score (nSPS) is 13.5. The summed E-state index contributed by atoms with van der Waals surface area (Å²) in [5, 5.41) is 1.33. The van der Waals surface area contributed by atoms with Crippen molar-refractivity contribution >= 4 is 42.6 Å². The number of aliphatic imine (C=N–C) groups is 1. The molecule has 0 aliphatic carbocycles. The predicted molar refractivity (Wildman–Crippen MR) is 141 cm³/mol. The molecule has 1 aromatic heterocycles. The molecule has 0 atom stereocenters. The molecule has 36 heavy (non-hydrogen) atoms. The molecular weight excluding hydrogens is 516 g/mol. The lowest BCUT2D eigenvalue weighted by molar-refractivity contribution is 0.417. The van der Waals surface area contributed by atoms with Crippen LogP contribution < -0.4 is 9.46 Å². The van der Waals surface area contributed by atoms with Gasteiger partial charge in [-0.15, -0.1) is 11.3 Å². The Hall–Kier alpha value is -3.47. The number of anilines is 1. The van der Waals surface area contributed by atoms with Gasteiger partial charge < -0.3 is 4.74 Å². The van der Waals surface area contributed by atoms with Crippen LogP contribution >= 0.6 is 11.3 Å². The van der Waals surface area contributed by atoms with Crippen LogP contribution in [0.3, 0.4) is 0 Å². The Morgan fingerprint density at radius 1 is 0.889 bits per heavy atom. The van der Waals surface area contributed by atoms with Crippen LogP contribution in [-0.4, -0.2) is 36.2 Å². The van der Waals surface area contributed by atoms with E-state index < -0.39 is 19.9 Å². The summed E-state index contributed by atoms with van der Waals surface area (Å²) < 4.78 is 59.9. The van der Waals surface area contributed by atoms with E-state index in [2.05, 4.69) is 15.8 Å². The van der Waals surface area contributed by atoms with E-state index in [1.54, 1.807) is 36.4 Å². The number of thiophene rings is 1. The summed E-state index contributed by atoms with van der Waals surface area (Å²) in [4.78, 5) is 4.71. The molecule has 1 N–H and O–H groups in total. The van der Waals surface area contributed by atoms with Gasteiger partial charge in [0.15, 0.2) is 0 Å². The van der Waals surface area contributed by atoms with Crippen LogP contribution in [0.5, 0.6) is 5.75 Å². The van der Waals surface area contributed by atoms with Crippen LogP contribution in [0.1, 0.15) is 16.7 Å². The first-order valence-corrected chi connectivity index (χ1v) is 14.9. The number of nitrogens with one attached hydrogen (secondary N) is 1. The highest BCUT2D eigenvalue weighted by Crippen LogP contribution is 2.33. The second kappa shape index (κ2) is 9.53. The number of hydrogen-bond acceptors (Lipinski definition) is 7. The lowest BCUT2D eigenvalue weighted by atomic mass is 9.93. The molecule has 5 rings (SSSR count). The van der Waals surface area contributed by atoms with Crippen LogP contribution in [0.25, 0.3) is 0 Å². The first-order chi connectivity index (χ1) is 17.3. The Kier molecular flexibility index (Phi) is 6.42. The van der Waals surface area contributed by atoms with E-state index in [1.807, 2.05) is 18.2 Å². The minimum absolute atomic E-state index is 0.0737. The summed E-state index contributed by atoms with van der Waals surface area (Å²) in [6.07, 6.45) is 0.873. The summed E-state index contributed by atoms with van der Waals surface area (Å²) in [6, 6.07) is 22.3. The van der Waals surface area contributed by atoms with E-state index in [1.165, 1.54) is 36.3 Å². The lowest BCUT2D eigenvalue weighted by Gasteiger charge is -2.18. The van der Waals surface area contributed by atoms with Gasteiger partial charge in [-0.3, -0.25) is 9.71 Å². The molecule has 10 heteroatoms. The molecule has 184 valence electrons. The molecule has 1 aliphatic rings. The number of sulfonamides is 1. The average molecular weight is 539 g/mol. The average Bonchev–Trinajstić information content (AvgIpc) is 3.42. The van der Waals surface area contributed by atoms with Gasteiger partial charge in [-0.2, -0.15) is 0 Å². The fourth-order valence-corrected chi connectivity index (χ4v) is 8.00. The van der Waals surface area contributed by atoms with Crippen molar-refractivity contribution in [1.82, 2.24) is 0 Å². The fourth-order valence-electron chi connectivity index (χ4n) is 4.03. The first-order valence-electron chi connectivity index (χ1n) is 11.0. The van der Waals surface area contributed by atoms with Gasteiger partial charge in [0.25, 0.3) is 10.0 Å². The number of nitrogens with zero attached hydrogens (tertiary/aromatic N) is 1. The van der Waals surface area contributed by atoms with Gasteiger partial charge in [-0.05, 0) is 42.3 Å². The number of rotatable bonds is 7. The van der Waals surface area contributed by atoms with Crippen molar-refractivity contribution in [3.63, 3.8) is 0 Å². The van der Waals surface area contributed by atoms with Crippen LogP contribution in [-0.2, 0) is 26.3 Å². The molecule has 7 nitrogen and oxygen atoms in total. The maximum absolute atomic E-state index is 13.1. The van der Waals surface area contributed by atoms with Crippen molar-refractivity contribution in [2.24, 2.45) is 4.99 Å². The van der Waals surface area contributed by atoms with E-state index in [4.69, 9.17) is 4.74 Å².